The SMILES string of the molecule is COc1cccc(C(CNC(=O)C(=O)Nc2cc3c4c(c2)CC(=O)N4CCC3)OC)c1. The highest BCUT2D eigenvalue weighted by Gasteiger charge is 2.32. The molecule has 1 unspecified atom stereocenters. The summed E-state index contributed by atoms with van der Waals surface area (Å²) in [7, 11) is 3.12. The number of carbonyl (C=O) groups excluding carboxylic acids is 3. The fourth-order valence-electron chi connectivity index (χ4n) is 4.18. The maximum atomic E-state index is 12.4. The zero-order chi connectivity index (χ0) is 22.0. The molecule has 2 N–H and O–H groups in total. The van der Waals surface area contributed by atoms with Crippen LogP contribution in [0.1, 0.15) is 29.2 Å². The van der Waals surface area contributed by atoms with Crippen molar-refractivity contribution in [3.8, 4) is 5.75 Å². The minimum atomic E-state index is -0.760. The summed E-state index contributed by atoms with van der Waals surface area (Å²) in [6.07, 6.45) is 1.64. The normalized spacial score (nSPS) is 15.3. The molecular formula is C23H25N3O5. The molecule has 162 valence electrons. The predicted octanol–water partition coefficient (Wildman–Crippen LogP) is 1.97. The highest BCUT2D eigenvalue weighted by Crippen LogP contribution is 2.38. The van der Waals surface area contributed by atoms with Crippen LogP contribution >= 0.6 is 0 Å². The van der Waals surface area contributed by atoms with Crippen LogP contribution in [0.5, 0.6) is 5.75 Å². The molecule has 0 bridgehead atoms. The van der Waals surface area contributed by atoms with Gasteiger partial charge in [0.15, 0.2) is 0 Å². The van der Waals surface area contributed by atoms with Gasteiger partial charge in [-0.3, -0.25) is 14.4 Å². The lowest BCUT2D eigenvalue weighted by Gasteiger charge is -2.26. The highest BCUT2D eigenvalue weighted by atomic mass is 16.5. The van der Waals surface area contributed by atoms with Crippen LogP contribution in [-0.2, 0) is 32.0 Å². The summed E-state index contributed by atoms with van der Waals surface area (Å²) in [4.78, 5) is 38.8. The Bertz CT molecular complexity index is 1040. The van der Waals surface area contributed by atoms with Gasteiger partial charge in [0, 0.05) is 25.9 Å². The van der Waals surface area contributed by atoms with Crippen LogP contribution in [0.4, 0.5) is 11.4 Å². The number of rotatable bonds is 6. The van der Waals surface area contributed by atoms with E-state index < -0.39 is 17.9 Å². The van der Waals surface area contributed by atoms with Crippen LogP contribution in [0.2, 0.25) is 0 Å². The first kappa shape index (κ1) is 20.9. The van der Waals surface area contributed by atoms with Crippen molar-refractivity contribution in [2.75, 3.05) is 37.5 Å². The van der Waals surface area contributed by atoms with Crippen molar-refractivity contribution in [3.05, 3.63) is 53.1 Å². The summed E-state index contributed by atoms with van der Waals surface area (Å²) in [6, 6.07) is 11.0. The Morgan fingerprint density at radius 2 is 1.94 bits per heavy atom. The van der Waals surface area contributed by atoms with Gasteiger partial charge in [0.25, 0.3) is 0 Å². The number of hydrogen-bond donors (Lipinski definition) is 2. The van der Waals surface area contributed by atoms with Crippen molar-refractivity contribution in [2.45, 2.75) is 25.4 Å². The summed E-state index contributed by atoms with van der Waals surface area (Å²) in [5.41, 5.74) is 4.26. The minimum Gasteiger partial charge on any atom is -0.497 e. The Morgan fingerprint density at radius 3 is 2.71 bits per heavy atom. The molecule has 2 aliphatic heterocycles. The van der Waals surface area contributed by atoms with E-state index in [0.717, 1.165) is 41.8 Å². The van der Waals surface area contributed by atoms with E-state index in [0.29, 0.717) is 17.9 Å². The van der Waals surface area contributed by atoms with Crippen LogP contribution in [0.25, 0.3) is 0 Å². The molecule has 0 saturated heterocycles. The fraction of sp³-hybridized carbons (Fsp3) is 0.348. The number of aryl methyl sites for hydroxylation is 1. The third kappa shape index (κ3) is 4.25. The third-order valence-corrected chi connectivity index (χ3v) is 5.67. The van der Waals surface area contributed by atoms with Crippen molar-refractivity contribution in [2.24, 2.45) is 0 Å². The molecule has 2 aromatic rings. The van der Waals surface area contributed by atoms with E-state index in [1.54, 1.807) is 13.2 Å². The first-order valence-electron chi connectivity index (χ1n) is 10.2. The number of carbonyl (C=O) groups is 3. The number of benzene rings is 2. The largest absolute Gasteiger partial charge is 0.497 e. The minimum absolute atomic E-state index is 0.0836. The van der Waals surface area contributed by atoms with Gasteiger partial charge in [-0.05, 0) is 53.8 Å². The molecule has 1 atom stereocenters. The van der Waals surface area contributed by atoms with Gasteiger partial charge in [-0.2, -0.15) is 0 Å². The molecule has 8 nitrogen and oxygen atoms in total. The van der Waals surface area contributed by atoms with Crippen molar-refractivity contribution < 1.29 is 23.9 Å². The number of amides is 3. The lowest BCUT2D eigenvalue weighted by atomic mass is 9.99. The molecule has 0 spiro atoms. The Kier molecular flexibility index (Phi) is 5.90. The van der Waals surface area contributed by atoms with Gasteiger partial charge < -0.3 is 25.0 Å². The van der Waals surface area contributed by atoms with Crippen molar-refractivity contribution in [1.82, 2.24) is 5.32 Å². The lowest BCUT2D eigenvalue weighted by molar-refractivity contribution is -0.136. The van der Waals surface area contributed by atoms with E-state index in [4.69, 9.17) is 9.47 Å². The topological polar surface area (TPSA) is 97.0 Å². The summed E-state index contributed by atoms with van der Waals surface area (Å²) in [5, 5.41) is 5.27. The van der Waals surface area contributed by atoms with E-state index in [1.165, 1.54) is 7.11 Å². The van der Waals surface area contributed by atoms with Gasteiger partial charge in [-0.15, -0.1) is 0 Å². The smallest absolute Gasteiger partial charge is 0.313 e. The standard InChI is InChI=1S/C23H25N3O5/c1-30-18-7-3-5-14(11-18)19(31-2)13-24-22(28)23(29)25-17-9-15-6-4-8-26-20(27)12-16(10-17)21(15)26/h3,5,7,9-11,19H,4,6,8,12-13H2,1-2H3,(H,24,28)(H,25,29). The Labute approximate surface area is 180 Å². The molecule has 0 aromatic heterocycles. The second-order valence-corrected chi connectivity index (χ2v) is 7.63. The molecule has 2 aliphatic rings. The Hall–Kier alpha value is -3.39. The van der Waals surface area contributed by atoms with Crippen molar-refractivity contribution in [3.63, 3.8) is 0 Å². The summed E-state index contributed by atoms with van der Waals surface area (Å²) in [6.45, 7) is 0.871. The van der Waals surface area contributed by atoms with E-state index in [-0.39, 0.29) is 12.5 Å². The lowest BCUT2D eigenvalue weighted by Crippen LogP contribution is -2.38. The summed E-state index contributed by atoms with van der Waals surface area (Å²) >= 11 is 0. The van der Waals surface area contributed by atoms with Crippen LogP contribution in [0.15, 0.2) is 36.4 Å². The van der Waals surface area contributed by atoms with Crippen molar-refractivity contribution >= 4 is 29.1 Å². The second-order valence-electron chi connectivity index (χ2n) is 7.63. The van der Waals surface area contributed by atoms with Gasteiger partial charge in [0.05, 0.1) is 25.3 Å². The number of nitrogens with zero attached hydrogens (tertiary/aromatic N) is 1. The first-order valence-corrected chi connectivity index (χ1v) is 10.2. The predicted molar refractivity (Wildman–Crippen MR) is 115 cm³/mol. The number of ether oxygens (including phenoxy) is 2. The fourth-order valence-corrected chi connectivity index (χ4v) is 4.18. The maximum absolute atomic E-state index is 12.4. The summed E-state index contributed by atoms with van der Waals surface area (Å²) in [5.74, 6) is -0.747. The molecular weight excluding hydrogens is 398 g/mol. The van der Waals surface area contributed by atoms with Crippen LogP contribution < -0.4 is 20.3 Å². The van der Waals surface area contributed by atoms with E-state index in [2.05, 4.69) is 10.6 Å². The molecule has 0 fully saturated rings. The van der Waals surface area contributed by atoms with E-state index >= 15 is 0 Å². The molecule has 0 saturated carbocycles. The zero-order valence-corrected chi connectivity index (χ0v) is 17.6. The van der Waals surface area contributed by atoms with Crippen molar-refractivity contribution in [1.29, 1.82) is 0 Å². The summed E-state index contributed by atoms with van der Waals surface area (Å²) < 4.78 is 10.7. The Balaban J connectivity index is 1.40. The number of methoxy groups -OCH3 is 2. The van der Waals surface area contributed by atoms with Gasteiger partial charge in [0.2, 0.25) is 5.91 Å². The van der Waals surface area contributed by atoms with Gasteiger partial charge >= 0.3 is 11.8 Å². The van der Waals surface area contributed by atoms with Gasteiger partial charge in [0.1, 0.15) is 5.75 Å². The molecule has 0 radical (unpaired) electrons. The van der Waals surface area contributed by atoms with Crippen LogP contribution in [0, 0.1) is 0 Å². The zero-order valence-electron chi connectivity index (χ0n) is 17.6. The van der Waals surface area contributed by atoms with E-state index in [9.17, 15) is 14.4 Å². The average molecular weight is 423 g/mol. The molecule has 3 amide bonds. The first-order chi connectivity index (χ1) is 15.0. The second kappa shape index (κ2) is 8.77. The van der Waals surface area contributed by atoms with Gasteiger partial charge in [-0.25, -0.2) is 0 Å². The molecule has 2 heterocycles. The number of nitrogens with one attached hydrogen (secondary N) is 2. The van der Waals surface area contributed by atoms with Gasteiger partial charge in [-0.1, -0.05) is 12.1 Å². The molecule has 4 rings (SSSR count). The number of hydrogen-bond acceptors (Lipinski definition) is 5. The third-order valence-electron chi connectivity index (χ3n) is 5.67. The number of anilines is 2. The quantitative estimate of drug-likeness (QED) is 0.693. The van der Waals surface area contributed by atoms with Crippen LogP contribution in [-0.4, -0.2) is 45.0 Å². The monoisotopic (exact) mass is 423 g/mol. The Morgan fingerprint density at radius 1 is 1.13 bits per heavy atom. The molecule has 8 heteroatoms. The van der Waals surface area contributed by atoms with E-state index in [1.807, 2.05) is 35.2 Å². The van der Waals surface area contributed by atoms with Crippen LogP contribution in [0.3, 0.4) is 0 Å². The highest BCUT2D eigenvalue weighted by molar-refractivity contribution is 6.39. The molecule has 0 aliphatic carbocycles. The maximum Gasteiger partial charge on any atom is 0.313 e. The molecule has 31 heavy (non-hydrogen) atoms. The molecule has 2 aromatic carbocycles. The average Bonchev–Trinajstić information content (AvgIpc) is 3.10.